The van der Waals surface area contributed by atoms with E-state index >= 15 is 0 Å². The molecule has 0 saturated heterocycles. The molecule has 2 N–H and O–H groups in total. The second-order valence-corrected chi connectivity index (χ2v) is 7.33. The number of carbonyl (C=O) groups is 2. The van der Waals surface area contributed by atoms with Crippen LogP contribution in [0.25, 0.3) is 0 Å². The molecule has 3 aromatic carbocycles. The monoisotopic (exact) mass is 441 g/mol. The van der Waals surface area contributed by atoms with Crippen molar-refractivity contribution in [1.82, 2.24) is 0 Å². The lowest BCUT2D eigenvalue weighted by molar-refractivity contribution is -0.114. The molecule has 0 unspecified atom stereocenters. The molecule has 5 nitrogen and oxygen atoms in total. The van der Waals surface area contributed by atoms with Crippen molar-refractivity contribution in [3.05, 3.63) is 88.4 Å². The number of anilines is 3. The number of rotatable bonds is 7. The number of hydrogen-bond acceptors (Lipinski definition) is 3. The van der Waals surface area contributed by atoms with Gasteiger partial charge in [-0.2, -0.15) is 0 Å². The van der Waals surface area contributed by atoms with Crippen LogP contribution < -0.4 is 15.5 Å². The summed E-state index contributed by atoms with van der Waals surface area (Å²) in [7, 11) is 0. The number of hydrogen-bond donors (Lipinski definition) is 2. The summed E-state index contributed by atoms with van der Waals surface area (Å²) < 4.78 is 0. The molecule has 0 aliphatic heterocycles. The minimum atomic E-state index is -0.237. The molecule has 3 aromatic rings. The third-order valence-corrected chi connectivity index (χ3v) is 4.96. The molecule has 0 saturated carbocycles. The van der Waals surface area contributed by atoms with Crippen molar-refractivity contribution in [2.24, 2.45) is 0 Å². The van der Waals surface area contributed by atoms with Crippen LogP contribution >= 0.6 is 23.2 Å². The summed E-state index contributed by atoms with van der Waals surface area (Å²) in [4.78, 5) is 26.7. The normalized spacial score (nSPS) is 10.4. The smallest absolute Gasteiger partial charge is 0.258 e. The molecule has 0 aromatic heterocycles. The van der Waals surface area contributed by atoms with Gasteiger partial charge in [-0.1, -0.05) is 41.4 Å². The van der Waals surface area contributed by atoms with Crippen LogP contribution in [0.15, 0.2) is 72.8 Å². The van der Waals surface area contributed by atoms with Crippen molar-refractivity contribution >= 4 is 52.1 Å². The molecular formula is C23H21Cl2N3O2. The van der Waals surface area contributed by atoms with Gasteiger partial charge in [0.25, 0.3) is 5.91 Å². The summed E-state index contributed by atoms with van der Waals surface area (Å²) in [5.41, 5.74) is 2.61. The molecule has 0 aliphatic rings. The molecule has 30 heavy (non-hydrogen) atoms. The van der Waals surface area contributed by atoms with Gasteiger partial charge in [0.1, 0.15) is 0 Å². The molecule has 2 amide bonds. The lowest BCUT2D eigenvalue weighted by Gasteiger charge is -2.21. The van der Waals surface area contributed by atoms with Crippen LogP contribution in [-0.4, -0.2) is 24.9 Å². The molecule has 0 atom stereocenters. The zero-order valence-electron chi connectivity index (χ0n) is 16.4. The summed E-state index contributed by atoms with van der Waals surface area (Å²) in [6.45, 7) is 2.53. The molecule has 0 fully saturated rings. The second-order valence-electron chi connectivity index (χ2n) is 6.49. The summed E-state index contributed by atoms with van der Waals surface area (Å²) in [6, 6.07) is 21.3. The predicted octanol–water partition coefficient (Wildman–Crippen LogP) is 5.71. The van der Waals surface area contributed by atoms with E-state index in [0.717, 1.165) is 5.69 Å². The van der Waals surface area contributed by atoms with E-state index in [1.807, 2.05) is 37.3 Å². The first-order valence-corrected chi connectivity index (χ1v) is 10.2. The first-order valence-electron chi connectivity index (χ1n) is 9.43. The zero-order chi connectivity index (χ0) is 21.5. The predicted molar refractivity (Wildman–Crippen MR) is 124 cm³/mol. The van der Waals surface area contributed by atoms with Crippen LogP contribution in [0.5, 0.6) is 0 Å². The summed E-state index contributed by atoms with van der Waals surface area (Å²) in [5.74, 6) is -0.333. The van der Waals surface area contributed by atoms with Crippen molar-refractivity contribution < 1.29 is 9.59 Å². The van der Waals surface area contributed by atoms with Crippen LogP contribution in [0.1, 0.15) is 17.3 Å². The molecule has 0 radical (unpaired) electrons. The van der Waals surface area contributed by atoms with Crippen molar-refractivity contribution in [1.29, 1.82) is 0 Å². The fourth-order valence-corrected chi connectivity index (χ4v) is 3.39. The lowest BCUT2D eigenvalue weighted by atomic mass is 10.1. The summed E-state index contributed by atoms with van der Waals surface area (Å²) in [6.07, 6.45) is 0. The molecule has 0 heterocycles. The minimum absolute atomic E-state index is 0.0413. The van der Waals surface area contributed by atoms with Gasteiger partial charge in [0.2, 0.25) is 5.91 Å². The molecule has 7 heteroatoms. The van der Waals surface area contributed by atoms with Gasteiger partial charge < -0.3 is 15.5 Å². The van der Waals surface area contributed by atoms with Crippen LogP contribution in [0.4, 0.5) is 17.1 Å². The number of nitrogens with zero attached hydrogens (tertiary/aromatic N) is 1. The minimum Gasteiger partial charge on any atom is -0.375 e. The van der Waals surface area contributed by atoms with Gasteiger partial charge in [0, 0.05) is 28.5 Å². The first-order chi connectivity index (χ1) is 14.5. The average molecular weight is 442 g/mol. The Balaban J connectivity index is 1.59. The van der Waals surface area contributed by atoms with Gasteiger partial charge in [-0.15, -0.1) is 0 Å². The third kappa shape index (κ3) is 5.53. The van der Waals surface area contributed by atoms with Crippen LogP contribution in [0.3, 0.4) is 0 Å². The van der Waals surface area contributed by atoms with E-state index in [0.29, 0.717) is 33.5 Å². The van der Waals surface area contributed by atoms with Crippen LogP contribution in [0.2, 0.25) is 10.0 Å². The SMILES string of the molecule is CCN(C(=O)c1ccc(NC(=O)CNc2ccc(Cl)cc2Cl)cc1)c1ccccc1. The van der Waals surface area contributed by atoms with Gasteiger partial charge >= 0.3 is 0 Å². The Morgan fingerprint density at radius 3 is 2.27 bits per heavy atom. The van der Waals surface area contributed by atoms with E-state index in [1.54, 1.807) is 47.4 Å². The maximum Gasteiger partial charge on any atom is 0.258 e. The highest BCUT2D eigenvalue weighted by Crippen LogP contribution is 2.25. The average Bonchev–Trinajstić information content (AvgIpc) is 2.75. The molecular weight excluding hydrogens is 421 g/mol. The number of nitrogens with one attached hydrogen (secondary N) is 2. The van der Waals surface area contributed by atoms with E-state index in [4.69, 9.17) is 23.2 Å². The second kappa shape index (κ2) is 10.1. The Hall–Kier alpha value is -3.02. The summed E-state index contributed by atoms with van der Waals surface area (Å²) in [5, 5.41) is 6.72. The van der Waals surface area contributed by atoms with Gasteiger partial charge in [-0.3, -0.25) is 9.59 Å². The van der Waals surface area contributed by atoms with Crippen molar-refractivity contribution in [3.63, 3.8) is 0 Å². The van der Waals surface area contributed by atoms with Crippen molar-refractivity contribution in [3.8, 4) is 0 Å². The summed E-state index contributed by atoms with van der Waals surface area (Å²) >= 11 is 12.0. The third-order valence-electron chi connectivity index (χ3n) is 4.42. The Bertz CT molecular complexity index is 1020. The number of halogens is 2. The molecule has 3 rings (SSSR count). The van der Waals surface area contributed by atoms with Crippen LogP contribution in [-0.2, 0) is 4.79 Å². The molecule has 0 spiro atoms. The van der Waals surface area contributed by atoms with E-state index in [2.05, 4.69) is 10.6 Å². The highest BCUT2D eigenvalue weighted by molar-refractivity contribution is 6.36. The van der Waals surface area contributed by atoms with Crippen molar-refractivity contribution in [2.45, 2.75) is 6.92 Å². The van der Waals surface area contributed by atoms with Gasteiger partial charge in [0.05, 0.1) is 17.3 Å². The topological polar surface area (TPSA) is 61.4 Å². The first kappa shape index (κ1) is 21.7. The number of amides is 2. The highest BCUT2D eigenvalue weighted by Gasteiger charge is 2.16. The number of carbonyl (C=O) groups excluding carboxylic acids is 2. The van der Waals surface area contributed by atoms with Crippen LogP contribution in [0, 0.1) is 0 Å². The Morgan fingerprint density at radius 1 is 0.933 bits per heavy atom. The zero-order valence-corrected chi connectivity index (χ0v) is 17.9. The van der Waals surface area contributed by atoms with E-state index in [1.165, 1.54) is 0 Å². The maximum absolute atomic E-state index is 12.8. The highest BCUT2D eigenvalue weighted by atomic mass is 35.5. The quantitative estimate of drug-likeness (QED) is 0.493. The number of benzene rings is 3. The lowest BCUT2D eigenvalue weighted by Crippen LogP contribution is -2.30. The molecule has 0 bridgehead atoms. The molecule has 154 valence electrons. The fraction of sp³-hybridized carbons (Fsp3) is 0.130. The maximum atomic E-state index is 12.8. The Morgan fingerprint density at radius 2 is 1.63 bits per heavy atom. The Kier molecular flexibility index (Phi) is 7.33. The van der Waals surface area contributed by atoms with Crippen molar-refractivity contribution in [2.75, 3.05) is 28.6 Å². The largest absolute Gasteiger partial charge is 0.375 e. The number of para-hydroxylation sites is 1. The Labute approximate surface area is 185 Å². The van der Waals surface area contributed by atoms with Gasteiger partial charge in [-0.05, 0) is 61.5 Å². The van der Waals surface area contributed by atoms with E-state index in [-0.39, 0.29) is 18.4 Å². The fourth-order valence-electron chi connectivity index (χ4n) is 2.92. The van der Waals surface area contributed by atoms with E-state index in [9.17, 15) is 9.59 Å². The standard InChI is InChI=1S/C23H21Cl2N3O2/c1-2-28(19-6-4-3-5-7-19)23(30)16-8-11-18(12-9-16)27-22(29)15-26-21-13-10-17(24)14-20(21)25/h3-14,26H,2,15H2,1H3,(H,27,29). The van der Waals surface area contributed by atoms with Gasteiger partial charge in [0.15, 0.2) is 0 Å². The van der Waals surface area contributed by atoms with Gasteiger partial charge in [-0.25, -0.2) is 0 Å². The van der Waals surface area contributed by atoms with E-state index < -0.39 is 0 Å². The molecule has 0 aliphatic carbocycles.